The molecule has 2 aromatic rings. The molecule has 1 aromatic carbocycles. The molecule has 23 heavy (non-hydrogen) atoms. The van der Waals surface area contributed by atoms with Crippen molar-refractivity contribution in [2.75, 3.05) is 0 Å². The smallest absolute Gasteiger partial charge is 0.293 e. The molecule has 0 radical (unpaired) electrons. The molecule has 0 aliphatic carbocycles. The molecule has 7 heteroatoms. The van der Waals surface area contributed by atoms with E-state index < -0.39 is 0 Å². The van der Waals surface area contributed by atoms with Crippen molar-refractivity contribution in [3.63, 3.8) is 0 Å². The molecule has 0 saturated carbocycles. The quantitative estimate of drug-likeness (QED) is 0.705. The highest BCUT2D eigenvalue weighted by Crippen LogP contribution is 2.35. The van der Waals surface area contributed by atoms with E-state index in [9.17, 15) is 9.59 Å². The first-order chi connectivity index (χ1) is 11.0. The number of rotatable bonds is 3. The summed E-state index contributed by atoms with van der Waals surface area (Å²) in [4.78, 5) is 26.0. The Morgan fingerprint density at radius 3 is 2.48 bits per heavy atom. The monoisotopic (exact) mass is 367 g/mol. The number of thioether (sulfide) groups is 1. The first-order valence-electron chi connectivity index (χ1n) is 6.70. The van der Waals surface area contributed by atoms with E-state index in [4.69, 9.17) is 27.6 Å². The third kappa shape index (κ3) is 3.32. The van der Waals surface area contributed by atoms with Crippen molar-refractivity contribution < 1.29 is 14.0 Å². The largest absolute Gasteiger partial charge is 0.462 e. The van der Waals surface area contributed by atoms with Crippen LogP contribution in [0.15, 0.2) is 39.7 Å². The zero-order valence-corrected chi connectivity index (χ0v) is 14.3. The summed E-state index contributed by atoms with van der Waals surface area (Å²) in [5.74, 6) is 0.882. The van der Waals surface area contributed by atoms with Gasteiger partial charge in [-0.05, 0) is 43.0 Å². The SMILES string of the molecule is Cc1ccc(/C=C2\SC(=O)N(Cc3c(Cl)cccc3Cl)C2=O)o1. The van der Waals surface area contributed by atoms with E-state index in [2.05, 4.69) is 0 Å². The summed E-state index contributed by atoms with van der Waals surface area (Å²) >= 11 is 13.1. The van der Waals surface area contributed by atoms with Gasteiger partial charge in [-0.25, -0.2) is 0 Å². The molecule has 0 bridgehead atoms. The van der Waals surface area contributed by atoms with Crippen LogP contribution in [0.3, 0.4) is 0 Å². The molecule has 1 fully saturated rings. The first kappa shape index (κ1) is 16.2. The second-order valence-electron chi connectivity index (χ2n) is 4.92. The van der Waals surface area contributed by atoms with Gasteiger partial charge in [0.2, 0.25) is 0 Å². The number of carbonyl (C=O) groups excluding carboxylic acids is 2. The fraction of sp³-hybridized carbons (Fsp3) is 0.125. The van der Waals surface area contributed by atoms with Gasteiger partial charge in [0.1, 0.15) is 11.5 Å². The van der Waals surface area contributed by atoms with E-state index in [0.717, 1.165) is 22.4 Å². The molecule has 2 heterocycles. The Balaban J connectivity index is 1.86. The van der Waals surface area contributed by atoms with Crippen LogP contribution < -0.4 is 0 Å². The molecule has 1 aromatic heterocycles. The molecule has 0 N–H and O–H groups in total. The molecular weight excluding hydrogens is 357 g/mol. The van der Waals surface area contributed by atoms with Crippen LogP contribution in [0.2, 0.25) is 10.0 Å². The van der Waals surface area contributed by atoms with Crippen LogP contribution in [-0.4, -0.2) is 16.0 Å². The van der Waals surface area contributed by atoms with E-state index in [1.54, 1.807) is 36.4 Å². The van der Waals surface area contributed by atoms with Gasteiger partial charge in [0, 0.05) is 21.7 Å². The Hall–Kier alpha value is -1.69. The Bertz CT molecular complexity index is 808. The number of hydrogen-bond acceptors (Lipinski definition) is 4. The fourth-order valence-corrected chi connectivity index (χ4v) is 3.47. The number of hydrogen-bond donors (Lipinski definition) is 0. The maximum atomic E-state index is 12.4. The van der Waals surface area contributed by atoms with E-state index >= 15 is 0 Å². The van der Waals surface area contributed by atoms with Gasteiger partial charge in [0.05, 0.1) is 11.4 Å². The molecule has 0 atom stereocenters. The molecule has 1 aliphatic heterocycles. The fourth-order valence-electron chi connectivity index (χ4n) is 2.14. The van der Waals surface area contributed by atoms with Crippen LogP contribution in [-0.2, 0) is 11.3 Å². The van der Waals surface area contributed by atoms with Gasteiger partial charge < -0.3 is 4.42 Å². The van der Waals surface area contributed by atoms with Crippen molar-refractivity contribution in [3.8, 4) is 0 Å². The minimum atomic E-state index is -0.384. The summed E-state index contributed by atoms with van der Waals surface area (Å²) in [6, 6.07) is 8.58. The summed E-state index contributed by atoms with van der Waals surface area (Å²) in [5, 5.41) is 0.477. The Morgan fingerprint density at radius 1 is 1.17 bits per heavy atom. The van der Waals surface area contributed by atoms with E-state index in [1.807, 2.05) is 6.92 Å². The van der Waals surface area contributed by atoms with Crippen LogP contribution in [0.4, 0.5) is 4.79 Å². The molecule has 1 saturated heterocycles. The van der Waals surface area contributed by atoms with Crippen molar-refractivity contribution in [3.05, 3.63) is 62.4 Å². The zero-order chi connectivity index (χ0) is 16.6. The standard InChI is InChI=1S/C16H11Cl2NO3S/c1-9-5-6-10(22-9)7-14-15(20)19(16(21)23-14)8-11-12(17)3-2-4-13(11)18/h2-7H,8H2,1H3/b14-7-. The molecule has 3 rings (SSSR count). The Labute approximate surface area is 147 Å². The highest BCUT2D eigenvalue weighted by Gasteiger charge is 2.35. The number of aryl methyl sites for hydroxylation is 1. The van der Waals surface area contributed by atoms with Gasteiger partial charge >= 0.3 is 0 Å². The first-order valence-corrected chi connectivity index (χ1v) is 8.27. The lowest BCUT2D eigenvalue weighted by Crippen LogP contribution is -2.27. The number of benzene rings is 1. The second-order valence-corrected chi connectivity index (χ2v) is 6.72. The zero-order valence-electron chi connectivity index (χ0n) is 12.0. The maximum absolute atomic E-state index is 12.4. The van der Waals surface area contributed by atoms with Crippen LogP contribution in [0.1, 0.15) is 17.1 Å². The molecule has 1 aliphatic rings. The van der Waals surface area contributed by atoms with Crippen molar-refractivity contribution >= 4 is 52.2 Å². The molecule has 2 amide bonds. The number of carbonyl (C=O) groups is 2. The average Bonchev–Trinajstić information content (AvgIpc) is 3.01. The molecule has 0 spiro atoms. The normalized spacial score (nSPS) is 16.7. The summed E-state index contributed by atoms with van der Waals surface area (Å²) in [5.41, 5.74) is 0.549. The summed E-state index contributed by atoms with van der Waals surface area (Å²) < 4.78 is 5.41. The van der Waals surface area contributed by atoms with Gasteiger partial charge in [0.15, 0.2) is 0 Å². The molecular formula is C16H11Cl2NO3S. The minimum absolute atomic E-state index is 0.0394. The second kappa shape index (κ2) is 6.43. The number of amides is 2. The topological polar surface area (TPSA) is 50.5 Å². The van der Waals surface area contributed by atoms with Gasteiger partial charge in [-0.2, -0.15) is 0 Å². The van der Waals surface area contributed by atoms with E-state index in [-0.39, 0.29) is 17.7 Å². The Morgan fingerprint density at radius 2 is 1.87 bits per heavy atom. The lowest BCUT2D eigenvalue weighted by molar-refractivity contribution is -0.123. The van der Waals surface area contributed by atoms with Crippen molar-refractivity contribution in [2.45, 2.75) is 13.5 Å². The van der Waals surface area contributed by atoms with Crippen molar-refractivity contribution in [1.29, 1.82) is 0 Å². The van der Waals surface area contributed by atoms with Crippen molar-refractivity contribution in [1.82, 2.24) is 4.90 Å². The van der Waals surface area contributed by atoms with Gasteiger partial charge in [-0.15, -0.1) is 0 Å². The maximum Gasteiger partial charge on any atom is 0.293 e. The van der Waals surface area contributed by atoms with Crippen LogP contribution >= 0.6 is 35.0 Å². The molecule has 4 nitrogen and oxygen atoms in total. The van der Waals surface area contributed by atoms with Gasteiger partial charge in [-0.1, -0.05) is 29.3 Å². The lowest BCUT2D eigenvalue weighted by Gasteiger charge is -2.14. The van der Waals surface area contributed by atoms with E-state index in [0.29, 0.717) is 26.3 Å². The number of halogens is 2. The predicted molar refractivity (Wildman–Crippen MR) is 91.4 cm³/mol. The van der Waals surface area contributed by atoms with Crippen molar-refractivity contribution in [2.24, 2.45) is 0 Å². The number of nitrogens with zero attached hydrogens (tertiary/aromatic N) is 1. The van der Waals surface area contributed by atoms with Crippen LogP contribution in [0.25, 0.3) is 6.08 Å². The average molecular weight is 368 g/mol. The third-order valence-electron chi connectivity index (χ3n) is 3.29. The lowest BCUT2D eigenvalue weighted by atomic mass is 10.2. The summed E-state index contributed by atoms with van der Waals surface area (Å²) in [7, 11) is 0. The Kier molecular flexibility index (Phi) is 4.53. The van der Waals surface area contributed by atoms with Gasteiger partial charge in [0.25, 0.3) is 11.1 Å². The van der Waals surface area contributed by atoms with Crippen LogP contribution in [0.5, 0.6) is 0 Å². The predicted octanol–water partition coefficient (Wildman–Crippen LogP) is 5.13. The minimum Gasteiger partial charge on any atom is -0.462 e. The third-order valence-corrected chi connectivity index (χ3v) is 4.90. The summed E-state index contributed by atoms with van der Waals surface area (Å²) in [6.45, 7) is 1.85. The molecule has 118 valence electrons. The molecule has 0 unspecified atom stereocenters. The summed E-state index contributed by atoms with van der Waals surface area (Å²) in [6.07, 6.45) is 1.56. The van der Waals surface area contributed by atoms with Gasteiger partial charge in [-0.3, -0.25) is 14.5 Å². The highest BCUT2D eigenvalue weighted by atomic mass is 35.5. The van der Waals surface area contributed by atoms with Crippen LogP contribution in [0, 0.1) is 6.92 Å². The number of furan rings is 1. The number of imide groups is 1. The highest BCUT2D eigenvalue weighted by molar-refractivity contribution is 8.18. The van der Waals surface area contributed by atoms with E-state index in [1.165, 1.54) is 0 Å².